The second-order valence-corrected chi connectivity index (χ2v) is 8.32. The largest absolute Gasteiger partial charge is 0.495 e. The normalized spacial score (nSPS) is 15.2. The fourth-order valence-corrected chi connectivity index (χ4v) is 4.40. The van der Waals surface area contributed by atoms with E-state index in [1.165, 1.54) is 23.5 Å². The Morgan fingerprint density at radius 2 is 1.82 bits per heavy atom. The van der Waals surface area contributed by atoms with E-state index in [2.05, 4.69) is 5.32 Å². The molecular weight excluding hydrogens is 380 g/mol. The number of benzene rings is 2. The van der Waals surface area contributed by atoms with Gasteiger partial charge in [0.05, 0.1) is 30.9 Å². The molecule has 1 heterocycles. The summed E-state index contributed by atoms with van der Waals surface area (Å²) in [6.45, 7) is 3.39. The van der Waals surface area contributed by atoms with Crippen molar-refractivity contribution in [3.05, 3.63) is 53.6 Å². The summed E-state index contributed by atoms with van der Waals surface area (Å²) < 4.78 is 37.7. The van der Waals surface area contributed by atoms with Gasteiger partial charge in [0.1, 0.15) is 5.75 Å². The first-order valence-corrected chi connectivity index (χ1v) is 10.6. The van der Waals surface area contributed by atoms with Crippen molar-refractivity contribution >= 4 is 21.6 Å². The molecule has 0 saturated carbocycles. The number of hydrogen-bond donors (Lipinski definition) is 1. The summed E-state index contributed by atoms with van der Waals surface area (Å²) in [4.78, 5) is 12.7. The Hall–Kier alpha value is -2.42. The van der Waals surface area contributed by atoms with Crippen molar-refractivity contribution in [2.75, 3.05) is 38.7 Å². The van der Waals surface area contributed by atoms with Gasteiger partial charge in [-0.05, 0) is 42.3 Å². The Labute approximate surface area is 165 Å². The lowest BCUT2D eigenvalue weighted by atomic mass is 10.1. The predicted octanol–water partition coefficient (Wildman–Crippen LogP) is 2.53. The van der Waals surface area contributed by atoms with Gasteiger partial charge in [0.15, 0.2) is 0 Å². The van der Waals surface area contributed by atoms with Gasteiger partial charge in [0, 0.05) is 18.7 Å². The van der Waals surface area contributed by atoms with Crippen LogP contribution in [0.1, 0.15) is 22.8 Å². The number of sulfonamides is 1. The number of rotatable bonds is 6. The van der Waals surface area contributed by atoms with E-state index in [-0.39, 0.29) is 10.8 Å². The van der Waals surface area contributed by atoms with Crippen LogP contribution in [0, 0.1) is 0 Å². The minimum absolute atomic E-state index is 0.104. The van der Waals surface area contributed by atoms with E-state index >= 15 is 0 Å². The van der Waals surface area contributed by atoms with Crippen LogP contribution < -0.4 is 10.1 Å². The van der Waals surface area contributed by atoms with Gasteiger partial charge in [0.2, 0.25) is 10.0 Å². The molecule has 1 fully saturated rings. The Morgan fingerprint density at radius 3 is 2.43 bits per heavy atom. The third-order valence-electron chi connectivity index (χ3n) is 4.65. The van der Waals surface area contributed by atoms with Crippen molar-refractivity contribution in [3.63, 3.8) is 0 Å². The zero-order chi connectivity index (χ0) is 20.1. The number of aryl methyl sites for hydroxylation is 1. The summed E-state index contributed by atoms with van der Waals surface area (Å²) in [6.07, 6.45) is 0.886. The molecule has 0 radical (unpaired) electrons. The minimum atomic E-state index is -3.67. The molecule has 2 aromatic rings. The van der Waals surface area contributed by atoms with Crippen LogP contribution >= 0.6 is 0 Å². The van der Waals surface area contributed by atoms with Crippen molar-refractivity contribution in [3.8, 4) is 5.75 Å². The fraction of sp³-hybridized carbons (Fsp3) is 0.350. The third-order valence-corrected chi connectivity index (χ3v) is 6.55. The number of ether oxygens (including phenoxy) is 2. The van der Waals surface area contributed by atoms with Gasteiger partial charge >= 0.3 is 0 Å². The van der Waals surface area contributed by atoms with Crippen LogP contribution in [-0.2, 0) is 21.2 Å². The fourth-order valence-electron chi connectivity index (χ4n) is 2.97. The van der Waals surface area contributed by atoms with Gasteiger partial charge in [-0.1, -0.05) is 19.1 Å². The van der Waals surface area contributed by atoms with Crippen molar-refractivity contribution < 1.29 is 22.7 Å². The van der Waals surface area contributed by atoms with Gasteiger partial charge in [-0.3, -0.25) is 4.79 Å². The van der Waals surface area contributed by atoms with Crippen LogP contribution in [0.25, 0.3) is 0 Å². The number of carbonyl (C=O) groups excluding carboxylic acids is 1. The van der Waals surface area contributed by atoms with E-state index in [1.807, 2.05) is 19.1 Å². The molecule has 1 aliphatic heterocycles. The smallest absolute Gasteiger partial charge is 0.255 e. The van der Waals surface area contributed by atoms with Crippen molar-refractivity contribution in [1.29, 1.82) is 0 Å². The zero-order valence-electron chi connectivity index (χ0n) is 16.0. The number of amides is 1. The van der Waals surface area contributed by atoms with E-state index in [9.17, 15) is 13.2 Å². The third kappa shape index (κ3) is 4.35. The average molecular weight is 404 g/mol. The maximum atomic E-state index is 12.9. The number of nitrogens with one attached hydrogen (secondary N) is 1. The number of hydrogen-bond acceptors (Lipinski definition) is 5. The standard InChI is InChI=1S/C20H24N2O5S/c1-3-15-4-6-16(7-5-15)20(23)21-18-14-17(8-9-19(18)26-2)28(24,25)22-10-12-27-13-11-22/h4-9,14H,3,10-13H2,1-2H3,(H,21,23). The minimum Gasteiger partial charge on any atom is -0.495 e. The Bertz CT molecular complexity index is 936. The Kier molecular flexibility index (Phi) is 6.33. The highest BCUT2D eigenvalue weighted by Crippen LogP contribution is 2.29. The first-order chi connectivity index (χ1) is 13.5. The van der Waals surface area contributed by atoms with E-state index in [4.69, 9.17) is 9.47 Å². The number of anilines is 1. The molecule has 7 nitrogen and oxygen atoms in total. The van der Waals surface area contributed by atoms with Crippen LogP contribution in [0.15, 0.2) is 47.4 Å². The van der Waals surface area contributed by atoms with Crippen molar-refractivity contribution in [2.45, 2.75) is 18.2 Å². The average Bonchev–Trinajstić information content (AvgIpc) is 2.74. The number of methoxy groups -OCH3 is 1. The van der Waals surface area contributed by atoms with E-state index in [1.54, 1.807) is 18.2 Å². The molecule has 0 aliphatic carbocycles. The molecule has 1 N–H and O–H groups in total. The maximum absolute atomic E-state index is 12.9. The molecule has 0 spiro atoms. The summed E-state index contributed by atoms with van der Waals surface area (Å²) >= 11 is 0. The lowest BCUT2D eigenvalue weighted by molar-refractivity contribution is 0.0730. The summed E-state index contributed by atoms with van der Waals surface area (Å²) in [5, 5.41) is 2.76. The lowest BCUT2D eigenvalue weighted by Crippen LogP contribution is -2.40. The number of nitrogens with zero attached hydrogens (tertiary/aromatic N) is 1. The highest BCUT2D eigenvalue weighted by Gasteiger charge is 2.27. The summed E-state index contributed by atoms with van der Waals surface area (Å²) in [7, 11) is -2.20. The molecule has 1 aliphatic rings. The monoisotopic (exact) mass is 404 g/mol. The Morgan fingerprint density at radius 1 is 1.14 bits per heavy atom. The first-order valence-electron chi connectivity index (χ1n) is 9.12. The molecule has 0 aromatic heterocycles. The molecule has 0 bridgehead atoms. The van der Waals surface area contributed by atoms with Crippen LogP contribution in [0.3, 0.4) is 0 Å². The molecule has 2 aromatic carbocycles. The van der Waals surface area contributed by atoms with Crippen LogP contribution in [0.5, 0.6) is 5.75 Å². The zero-order valence-corrected chi connectivity index (χ0v) is 16.8. The second-order valence-electron chi connectivity index (χ2n) is 6.38. The summed E-state index contributed by atoms with van der Waals surface area (Å²) in [6, 6.07) is 11.7. The van der Waals surface area contributed by atoms with Gasteiger partial charge < -0.3 is 14.8 Å². The van der Waals surface area contributed by atoms with E-state index in [0.29, 0.717) is 43.3 Å². The van der Waals surface area contributed by atoms with Crippen molar-refractivity contribution in [1.82, 2.24) is 4.31 Å². The van der Waals surface area contributed by atoms with E-state index in [0.717, 1.165) is 12.0 Å². The van der Waals surface area contributed by atoms with Gasteiger partial charge in [0.25, 0.3) is 5.91 Å². The molecule has 1 amide bonds. The van der Waals surface area contributed by atoms with Crippen LogP contribution in [0.4, 0.5) is 5.69 Å². The van der Waals surface area contributed by atoms with Gasteiger partial charge in [-0.25, -0.2) is 8.42 Å². The predicted molar refractivity (Wildman–Crippen MR) is 106 cm³/mol. The highest BCUT2D eigenvalue weighted by atomic mass is 32.2. The Balaban J connectivity index is 1.87. The molecule has 8 heteroatoms. The van der Waals surface area contributed by atoms with Crippen molar-refractivity contribution in [2.24, 2.45) is 0 Å². The second kappa shape index (κ2) is 8.72. The number of carbonyl (C=O) groups is 1. The molecule has 150 valence electrons. The van der Waals surface area contributed by atoms with Gasteiger partial charge in [-0.2, -0.15) is 4.31 Å². The van der Waals surface area contributed by atoms with Crippen LogP contribution in [0.2, 0.25) is 0 Å². The summed E-state index contributed by atoms with van der Waals surface area (Å²) in [5.74, 6) is 0.0568. The lowest BCUT2D eigenvalue weighted by Gasteiger charge is -2.26. The molecule has 0 unspecified atom stereocenters. The van der Waals surface area contributed by atoms with Crippen LogP contribution in [-0.4, -0.2) is 52.0 Å². The first kappa shape index (κ1) is 20.3. The quantitative estimate of drug-likeness (QED) is 0.800. The summed E-state index contributed by atoms with van der Waals surface area (Å²) in [5.41, 5.74) is 1.93. The molecule has 3 rings (SSSR count). The molecule has 28 heavy (non-hydrogen) atoms. The molecule has 1 saturated heterocycles. The molecule has 0 atom stereocenters. The maximum Gasteiger partial charge on any atom is 0.255 e. The SMILES string of the molecule is CCc1ccc(C(=O)Nc2cc(S(=O)(=O)N3CCOCC3)ccc2OC)cc1. The highest BCUT2D eigenvalue weighted by molar-refractivity contribution is 7.89. The topological polar surface area (TPSA) is 84.9 Å². The molecular formula is C20H24N2O5S. The van der Waals surface area contributed by atoms with E-state index < -0.39 is 10.0 Å². The number of morpholine rings is 1. The van der Waals surface area contributed by atoms with Gasteiger partial charge in [-0.15, -0.1) is 0 Å².